The van der Waals surface area contributed by atoms with Crippen molar-refractivity contribution in [1.29, 1.82) is 0 Å². The van der Waals surface area contributed by atoms with Gasteiger partial charge in [0, 0.05) is 18.5 Å². The van der Waals surface area contributed by atoms with Crippen molar-refractivity contribution in [1.82, 2.24) is 15.0 Å². The van der Waals surface area contributed by atoms with Gasteiger partial charge in [-0.3, -0.25) is 9.59 Å². The summed E-state index contributed by atoms with van der Waals surface area (Å²) in [4.78, 5) is 29.6. The fraction of sp³-hybridized carbons (Fsp3) is 0.444. The molecule has 1 amide bonds. The standard InChI is InChI=1S/C18H21N3O4/c1-13-6-8-14(9-7-13)18-19-15(20-25-18)12-24-17(23)11-21-10-4-2-3-5-16(21)22/h6-9H,2-5,10-12H2,1H3. The lowest BCUT2D eigenvalue weighted by Gasteiger charge is -2.18. The third-order valence-corrected chi connectivity index (χ3v) is 4.12. The topological polar surface area (TPSA) is 85.5 Å². The normalized spacial score (nSPS) is 15.1. The molecule has 1 aliphatic rings. The number of amides is 1. The van der Waals surface area contributed by atoms with E-state index in [4.69, 9.17) is 9.26 Å². The number of aryl methyl sites for hydroxylation is 1. The van der Waals surface area contributed by atoms with Crippen molar-refractivity contribution < 1.29 is 18.8 Å². The molecule has 0 N–H and O–H groups in total. The van der Waals surface area contributed by atoms with E-state index < -0.39 is 5.97 Å². The van der Waals surface area contributed by atoms with E-state index in [9.17, 15) is 9.59 Å². The molecule has 2 aromatic rings. The highest BCUT2D eigenvalue weighted by atomic mass is 16.5. The molecule has 1 saturated heterocycles. The summed E-state index contributed by atoms with van der Waals surface area (Å²) in [5, 5.41) is 3.82. The van der Waals surface area contributed by atoms with Gasteiger partial charge in [-0.15, -0.1) is 0 Å². The van der Waals surface area contributed by atoms with E-state index >= 15 is 0 Å². The zero-order chi connectivity index (χ0) is 17.6. The molecule has 0 atom stereocenters. The molecular weight excluding hydrogens is 322 g/mol. The molecule has 0 spiro atoms. The first-order valence-electron chi connectivity index (χ1n) is 8.45. The number of aromatic nitrogens is 2. The van der Waals surface area contributed by atoms with E-state index in [0.29, 0.717) is 24.7 Å². The van der Waals surface area contributed by atoms with E-state index in [2.05, 4.69) is 10.1 Å². The molecule has 0 saturated carbocycles. The van der Waals surface area contributed by atoms with E-state index in [0.717, 1.165) is 30.4 Å². The number of hydrogen-bond acceptors (Lipinski definition) is 6. The van der Waals surface area contributed by atoms with Crippen molar-refractivity contribution in [2.45, 2.75) is 39.2 Å². The Labute approximate surface area is 146 Å². The quantitative estimate of drug-likeness (QED) is 0.775. The van der Waals surface area contributed by atoms with Gasteiger partial charge in [0.05, 0.1) is 0 Å². The lowest BCUT2D eigenvalue weighted by Crippen LogP contribution is -2.35. The highest BCUT2D eigenvalue weighted by molar-refractivity contribution is 5.82. The first-order chi connectivity index (χ1) is 12.1. The summed E-state index contributed by atoms with van der Waals surface area (Å²) in [6.45, 7) is 2.50. The molecule has 0 aliphatic carbocycles. The molecule has 3 rings (SSSR count). The highest BCUT2D eigenvalue weighted by Gasteiger charge is 2.20. The van der Waals surface area contributed by atoms with Crippen LogP contribution in [0.15, 0.2) is 28.8 Å². The predicted molar refractivity (Wildman–Crippen MR) is 89.3 cm³/mol. The van der Waals surface area contributed by atoms with E-state index in [1.165, 1.54) is 0 Å². The minimum Gasteiger partial charge on any atom is -0.456 e. The van der Waals surface area contributed by atoms with Crippen molar-refractivity contribution in [2.24, 2.45) is 0 Å². The Bertz CT molecular complexity index is 739. The molecule has 25 heavy (non-hydrogen) atoms. The van der Waals surface area contributed by atoms with Crippen LogP contribution in [0.4, 0.5) is 0 Å². The van der Waals surface area contributed by atoms with Gasteiger partial charge in [-0.2, -0.15) is 4.98 Å². The van der Waals surface area contributed by atoms with E-state index in [1.54, 1.807) is 4.90 Å². The van der Waals surface area contributed by atoms with Gasteiger partial charge < -0.3 is 14.2 Å². The second-order valence-electron chi connectivity index (χ2n) is 6.17. The summed E-state index contributed by atoms with van der Waals surface area (Å²) in [6, 6.07) is 7.70. The Morgan fingerprint density at radius 3 is 2.84 bits per heavy atom. The molecule has 1 aromatic carbocycles. The van der Waals surface area contributed by atoms with Crippen LogP contribution in [0.3, 0.4) is 0 Å². The lowest BCUT2D eigenvalue weighted by molar-refractivity contribution is -0.150. The second kappa shape index (κ2) is 7.92. The van der Waals surface area contributed by atoms with Crippen molar-refractivity contribution in [2.75, 3.05) is 13.1 Å². The summed E-state index contributed by atoms with van der Waals surface area (Å²) >= 11 is 0. The van der Waals surface area contributed by atoms with Gasteiger partial charge in [-0.05, 0) is 31.9 Å². The van der Waals surface area contributed by atoms with Gasteiger partial charge >= 0.3 is 5.97 Å². The Morgan fingerprint density at radius 2 is 2.04 bits per heavy atom. The van der Waals surface area contributed by atoms with Gasteiger partial charge in [-0.25, -0.2) is 0 Å². The Hall–Kier alpha value is -2.70. The van der Waals surface area contributed by atoms with Crippen molar-refractivity contribution >= 4 is 11.9 Å². The maximum absolute atomic E-state index is 12.0. The zero-order valence-electron chi connectivity index (χ0n) is 14.2. The van der Waals surface area contributed by atoms with Gasteiger partial charge in [0.2, 0.25) is 11.7 Å². The average molecular weight is 343 g/mol. The molecule has 7 nitrogen and oxygen atoms in total. The number of carbonyl (C=O) groups excluding carboxylic acids is 2. The second-order valence-corrected chi connectivity index (χ2v) is 6.17. The first kappa shape index (κ1) is 17.1. The average Bonchev–Trinajstić information content (AvgIpc) is 2.99. The minimum atomic E-state index is -0.461. The minimum absolute atomic E-state index is 0.00988. The van der Waals surface area contributed by atoms with Crippen LogP contribution in [-0.4, -0.2) is 40.0 Å². The number of carbonyl (C=O) groups is 2. The maximum atomic E-state index is 12.0. The number of rotatable bonds is 5. The van der Waals surface area contributed by atoms with Crippen molar-refractivity contribution in [3.8, 4) is 11.5 Å². The fourth-order valence-corrected chi connectivity index (χ4v) is 2.68. The number of nitrogens with zero attached hydrogens (tertiary/aromatic N) is 3. The zero-order valence-corrected chi connectivity index (χ0v) is 14.2. The van der Waals surface area contributed by atoms with Gasteiger partial charge in [-0.1, -0.05) is 29.3 Å². The molecule has 1 aromatic heterocycles. The Morgan fingerprint density at radius 1 is 1.24 bits per heavy atom. The van der Waals surface area contributed by atoms with Crippen LogP contribution in [0.1, 0.15) is 37.1 Å². The first-order valence-corrected chi connectivity index (χ1v) is 8.45. The molecule has 1 fully saturated rings. The van der Waals surface area contributed by atoms with E-state index in [1.807, 2.05) is 31.2 Å². The summed E-state index contributed by atoms with van der Waals surface area (Å²) in [5.74, 6) is 0.229. The van der Waals surface area contributed by atoms with Gasteiger partial charge in [0.25, 0.3) is 5.89 Å². The number of ether oxygens (including phenoxy) is 1. The molecule has 0 bridgehead atoms. The molecule has 2 heterocycles. The third-order valence-electron chi connectivity index (χ3n) is 4.12. The highest BCUT2D eigenvalue weighted by Crippen LogP contribution is 2.18. The van der Waals surface area contributed by atoms with Crippen molar-refractivity contribution in [3.63, 3.8) is 0 Å². The van der Waals surface area contributed by atoms with Crippen LogP contribution in [0.5, 0.6) is 0 Å². The molecular formula is C18H21N3O4. The fourth-order valence-electron chi connectivity index (χ4n) is 2.68. The Balaban J connectivity index is 1.52. The monoisotopic (exact) mass is 343 g/mol. The van der Waals surface area contributed by atoms with Crippen LogP contribution in [0.25, 0.3) is 11.5 Å². The SMILES string of the molecule is Cc1ccc(-c2nc(COC(=O)CN3CCCCCC3=O)no2)cc1. The summed E-state index contributed by atoms with van der Waals surface area (Å²) in [5.41, 5.74) is 1.95. The summed E-state index contributed by atoms with van der Waals surface area (Å²) in [6.07, 6.45) is 3.32. The van der Waals surface area contributed by atoms with Crippen LogP contribution < -0.4 is 0 Å². The van der Waals surface area contributed by atoms with Crippen molar-refractivity contribution in [3.05, 3.63) is 35.7 Å². The van der Waals surface area contributed by atoms with Gasteiger partial charge in [0.1, 0.15) is 6.54 Å². The van der Waals surface area contributed by atoms with Crippen LogP contribution in [0.2, 0.25) is 0 Å². The largest absolute Gasteiger partial charge is 0.456 e. The summed E-state index contributed by atoms with van der Waals surface area (Å²) in [7, 11) is 0. The number of likely N-dealkylation sites (tertiary alicyclic amines) is 1. The van der Waals surface area contributed by atoms with Gasteiger partial charge in [0.15, 0.2) is 6.61 Å². The smallest absolute Gasteiger partial charge is 0.326 e. The number of esters is 1. The molecule has 7 heteroatoms. The lowest BCUT2D eigenvalue weighted by atomic mass is 10.1. The summed E-state index contributed by atoms with van der Waals surface area (Å²) < 4.78 is 10.4. The van der Waals surface area contributed by atoms with Crippen LogP contribution >= 0.6 is 0 Å². The molecule has 1 aliphatic heterocycles. The Kier molecular flexibility index (Phi) is 5.42. The molecule has 0 unspecified atom stereocenters. The predicted octanol–water partition coefficient (Wildman–Crippen LogP) is 2.49. The molecule has 132 valence electrons. The molecule has 0 radical (unpaired) electrons. The maximum Gasteiger partial charge on any atom is 0.326 e. The number of benzene rings is 1. The third kappa shape index (κ3) is 4.65. The van der Waals surface area contributed by atoms with E-state index in [-0.39, 0.29) is 19.1 Å². The van der Waals surface area contributed by atoms with Crippen LogP contribution in [0, 0.1) is 6.92 Å². The number of hydrogen-bond donors (Lipinski definition) is 0. The van der Waals surface area contributed by atoms with Crippen LogP contribution in [-0.2, 0) is 20.9 Å².